The van der Waals surface area contributed by atoms with Gasteiger partial charge in [-0.25, -0.2) is 8.51 Å². The molecule has 30 heavy (non-hydrogen) atoms. The van der Waals surface area contributed by atoms with Gasteiger partial charge in [0.25, 0.3) is 5.69 Å². The highest BCUT2D eigenvalue weighted by Gasteiger charge is 2.41. The maximum absolute atomic E-state index is 14.8. The van der Waals surface area contributed by atoms with Crippen LogP contribution in [0.2, 0.25) is 0 Å². The third kappa shape index (κ3) is 3.24. The number of nitro benzene ring substituents is 1. The molecule has 10 heteroatoms. The minimum absolute atomic E-state index is 0.148. The van der Waals surface area contributed by atoms with E-state index in [0.29, 0.717) is 57.9 Å². The summed E-state index contributed by atoms with van der Waals surface area (Å²) in [7, 11) is -2.92. The van der Waals surface area contributed by atoms with Gasteiger partial charge in [-0.15, -0.1) is 6.42 Å². The molecule has 0 spiro atoms. The Hall–Kier alpha value is -1.93. The van der Waals surface area contributed by atoms with Crippen molar-refractivity contribution in [2.24, 2.45) is 0 Å². The van der Waals surface area contributed by atoms with Crippen molar-refractivity contribution in [3.8, 4) is 12.3 Å². The fourth-order valence-electron chi connectivity index (χ4n) is 4.02. The van der Waals surface area contributed by atoms with Crippen LogP contribution in [0.15, 0.2) is 35.5 Å². The lowest BCUT2D eigenvalue weighted by atomic mass is 10.0. The maximum atomic E-state index is 14.8. The number of fused-ring (bicyclic) bond motifs is 2. The van der Waals surface area contributed by atoms with Crippen LogP contribution in [-0.2, 0) is 22.7 Å². The van der Waals surface area contributed by atoms with Crippen LogP contribution < -0.4 is 4.90 Å². The lowest BCUT2D eigenvalue weighted by Gasteiger charge is -2.31. The molecule has 0 saturated carbocycles. The highest BCUT2D eigenvalue weighted by atomic mass is 79.9. The number of rotatable bonds is 5. The molecule has 0 fully saturated rings. The summed E-state index contributed by atoms with van der Waals surface area (Å²) in [4.78, 5) is 18.3. The minimum atomic E-state index is -2.92. The summed E-state index contributed by atoms with van der Waals surface area (Å²) in [6.07, 6.45) is 10.0. The highest BCUT2D eigenvalue weighted by Crippen LogP contribution is 2.43. The number of non-ortho nitro benzene ring substituents is 1. The second-order valence-corrected chi connectivity index (χ2v) is 10.7. The average molecular weight is 554 g/mol. The minimum Gasteiger partial charge on any atom is -0.333 e. The van der Waals surface area contributed by atoms with E-state index in [1.165, 1.54) is 12.1 Å². The molecule has 0 amide bonds. The van der Waals surface area contributed by atoms with Crippen molar-refractivity contribution in [2.75, 3.05) is 28.6 Å². The Morgan fingerprint density at radius 3 is 2.80 bits per heavy atom. The van der Waals surface area contributed by atoms with Gasteiger partial charge < -0.3 is 4.90 Å². The van der Waals surface area contributed by atoms with Crippen molar-refractivity contribution in [1.82, 2.24) is 9.29 Å². The molecule has 0 saturated heterocycles. The van der Waals surface area contributed by atoms with Crippen LogP contribution in [0.3, 0.4) is 0 Å². The molecule has 1 aromatic heterocycles. The van der Waals surface area contributed by atoms with Crippen LogP contribution >= 0.6 is 31.9 Å². The normalized spacial score (nSPS) is 20.6. The van der Waals surface area contributed by atoms with Gasteiger partial charge in [0, 0.05) is 49.5 Å². The van der Waals surface area contributed by atoms with Crippen LogP contribution in [0.25, 0.3) is 0 Å². The predicted molar refractivity (Wildman–Crippen MR) is 126 cm³/mol. The van der Waals surface area contributed by atoms with E-state index in [0.717, 1.165) is 11.1 Å². The summed E-state index contributed by atoms with van der Waals surface area (Å²) in [6.45, 7) is 1.58. The molecule has 2 aliphatic rings. The van der Waals surface area contributed by atoms with E-state index in [1.54, 1.807) is 6.20 Å². The zero-order valence-electron chi connectivity index (χ0n) is 15.9. The number of anilines is 1. The summed E-state index contributed by atoms with van der Waals surface area (Å²) >= 11 is 6.98. The number of aromatic nitrogens is 1. The summed E-state index contributed by atoms with van der Waals surface area (Å²) in [5, 5.41) is 12.6. The molecule has 7 nitrogen and oxygen atoms in total. The first-order chi connectivity index (χ1) is 14.4. The first-order valence-electron chi connectivity index (χ1n) is 9.21. The van der Waals surface area contributed by atoms with Gasteiger partial charge in [0.1, 0.15) is 4.99 Å². The van der Waals surface area contributed by atoms with E-state index < -0.39 is 14.6 Å². The Labute approximate surface area is 192 Å². The van der Waals surface area contributed by atoms with E-state index in [-0.39, 0.29) is 5.69 Å². The first-order valence-corrected chi connectivity index (χ1v) is 13.0. The van der Waals surface area contributed by atoms with Crippen LogP contribution in [-0.4, -0.2) is 47.2 Å². The van der Waals surface area contributed by atoms with E-state index in [9.17, 15) is 14.3 Å². The lowest BCUT2D eigenvalue weighted by Crippen LogP contribution is -2.42. The number of hydrogen-bond acceptors (Lipinski definition) is 5. The van der Waals surface area contributed by atoms with Gasteiger partial charge in [-0.05, 0) is 23.6 Å². The third-order valence-corrected chi connectivity index (χ3v) is 9.59. The predicted octanol–water partition coefficient (Wildman–Crippen LogP) is 3.33. The second kappa shape index (κ2) is 8.30. The lowest BCUT2D eigenvalue weighted by molar-refractivity contribution is -0.385. The van der Waals surface area contributed by atoms with E-state index in [1.807, 2.05) is 21.5 Å². The van der Waals surface area contributed by atoms with Crippen LogP contribution in [0.1, 0.15) is 16.7 Å². The van der Waals surface area contributed by atoms with Gasteiger partial charge in [-0.1, -0.05) is 37.8 Å². The topological polar surface area (TPSA) is 79.6 Å². The van der Waals surface area contributed by atoms with E-state index in [4.69, 9.17) is 6.42 Å². The SMILES string of the molecule is C#Cc1cc([N+](=O)[O-])cc2c1N(CCBr)C(CBr)=S2(=O)N1CCc2cnccc2C1. The summed E-state index contributed by atoms with van der Waals surface area (Å²) in [5.74, 6) is 2.57. The Kier molecular flexibility index (Phi) is 5.90. The standard InChI is InChI=1S/C20H18Br2N4O3S/c1-2-14-9-17(26(27)28)10-18-20(14)25(8-5-21)19(11-22)30(18,29)24-7-4-15-12-23-6-3-16(15)13-24/h1,3,6,9-10,12H,4-5,7-8,11,13H2. The average Bonchev–Trinajstić information content (AvgIpc) is 3.01. The van der Waals surface area contributed by atoms with E-state index in [2.05, 4.69) is 42.8 Å². The quantitative estimate of drug-likeness (QED) is 0.186. The molecule has 3 heterocycles. The van der Waals surface area contributed by atoms with Gasteiger partial charge in [0.05, 0.1) is 36.1 Å². The molecule has 0 aliphatic carbocycles. The van der Waals surface area contributed by atoms with Crippen LogP contribution in [0.4, 0.5) is 11.4 Å². The van der Waals surface area contributed by atoms with Crippen molar-refractivity contribution in [2.45, 2.75) is 17.9 Å². The number of nitro groups is 1. The number of nitrogens with zero attached hydrogens (tertiary/aromatic N) is 4. The van der Waals surface area contributed by atoms with E-state index >= 15 is 0 Å². The Balaban J connectivity index is 1.98. The van der Waals surface area contributed by atoms with Gasteiger partial charge in [0.15, 0.2) is 0 Å². The largest absolute Gasteiger partial charge is 0.333 e. The zero-order valence-corrected chi connectivity index (χ0v) is 19.9. The zero-order chi connectivity index (χ0) is 21.5. The molecule has 0 N–H and O–H groups in total. The number of benzene rings is 1. The van der Waals surface area contributed by atoms with Crippen molar-refractivity contribution >= 4 is 57.9 Å². The molecule has 0 bridgehead atoms. The molecule has 0 radical (unpaired) electrons. The molecule has 1 atom stereocenters. The fraction of sp³-hybridized carbons (Fsp3) is 0.300. The van der Waals surface area contributed by atoms with Gasteiger partial charge >= 0.3 is 0 Å². The molecular weight excluding hydrogens is 536 g/mol. The van der Waals surface area contributed by atoms with Crippen molar-refractivity contribution in [1.29, 1.82) is 0 Å². The molecule has 1 unspecified atom stereocenters. The summed E-state index contributed by atoms with van der Waals surface area (Å²) < 4.78 is 16.7. The third-order valence-electron chi connectivity index (χ3n) is 5.38. The highest BCUT2D eigenvalue weighted by molar-refractivity contribution is 9.09. The van der Waals surface area contributed by atoms with Crippen molar-refractivity contribution in [3.63, 3.8) is 0 Å². The number of alkyl halides is 2. The van der Waals surface area contributed by atoms with Crippen LogP contribution in [0, 0.1) is 22.5 Å². The Bertz CT molecular complexity index is 1200. The number of pyridine rings is 1. The molecule has 2 aromatic rings. The number of hydrogen-bond donors (Lipinski definition) is 0. The van der Waals surface area contributed by atoms with Crippen LogP contribution in [0.5, 0.6) is 0 Å². The maximum Gasteiger partial charge on any atom is 0.272 e. The Morgan fingerprint density at radius 2 is 2.13 bits per heavy atom. The monoisotopic (exact) mass is 552 g/mol. The number of terminal acetylenes is 1. The molecule has 1 aromatic carbocycles. The summed E-state index contributed by atoms with van der Waals surface area (Å²) in [5.41, 5.74) is 3.06. The Morgan fingerprint density at radius 1 is 1.33 bits per heavy atom. The second-order valence-electron chi connectivity index (χ2n) is 6.89. The first kappa shape index (κ1) is 21.3. The van der Waals surface area contributed by atoms with Crippen molar-refractivity contribution < 1.29 is 9.13 Å². The number of halogens is 2. The van der Waals surface area contributed by atoms with Crippen molar-refractivity contribution in [3.05, 3.63) is 57.4 Å². The van der Waals surface area contributed by atoms with Gasteiger partial charge in [-0.3, -0.25) is 15.1 Å². The molecule has 4 rings (SSSR count). The smallest absolute Gasteiger partial charge is 0.272 e. The van der Waals surface area contributed by atoms with Gasteiger partial charge in [0.2, 0.25) is 0 Å². The molecule has 156 valence electrons. The van der Waals surface area contributed by atoms with Gasteiger partial charge in [-0.2, -0.15) is 0 Å². The molecule has 2 aliphatic heterocycles. The summed E-state index contributed by atoms with van der Waals surface area (Å²) in [6, 6.07) is 4.75. The fourth-order valence-corrected chi connectivity index (χ4v) is 8.50. The molecular formula is C20H18Br2N4O3S.